The zero-order chi connectivity index (χ0) is 15.9. The molecule has 0 amide bonds. The Morgan fingerprint density at radius 3 is 1.83 bits per heavy atom. The predicted molar refractivity (Wildman–Crippen MR) is 100.0 cm³/mol. The quantitative estimate of drug-likeness (QED) is 0.376. The molecule has 0 radical (unpaired) electrons. The number of nitrogens with zero attached hydrogens (tertiary/aromatic N) is 2. The van der Waals surface area contributed by atoms with Gasteiger partial charge in [0.1, 0.15) is 6.33 Å². The standard InChI is InChI=1S/C22H14N2/c1-2-8-15(9-3-1)21-20-18-12-6-4-10-16(18)17-11-5-7-13-19(17)22(20)24-14-23-21/h1-14H. The van der Waals surface area contributed by atoms with Crippen molar-refractivity contribution in [3.63, 3.8) is 0 Å². The Morgan fingerprint density at radius 2 is 1.08 bits per heavy atom. The molecule has 0 bridgehead atoms. The van der Waals surface area contributed by atoms with Gasteiger partial charge in [-0.1, -0.05) is 78.9 Å². The number of fused-ring (bicyclic) bond motifs is 6. The highest BCUT2D eigenvalue weighted by Crippen LogP contribution is 2.37. The van der Waals surface area contributed by atoms with Crippen LogP contribution in [0.1, 0.15) is 0 Å². The molecule has 1 heterocycles. The highest BCUT2D eigenvalue weighted by atomic mass is 14.8. The Labute approximate surface area is 139 Å². The molecule has 112 valence electrons. The smallest absolute Gasteiger partial charge is 0.116 e. The Morgan fingerprint density at radius 1 is 0.500 bits per heavy atom. The Bertz CT molecular complexity index is 1150. The van der Waals surface area contributed by atoms with Crippen molar-refractivity contribution in [2.75, 3.05) is 0 Å². The summed E-state index contributed by atoms with van der Waals surface area (Å²) in [6.07, 6.45) is 1.67. The lowest BCUT2D eigenvalue weighted by Gasteiger charge is -2.12. The number of rotatable bonds is 1. The molecule has 0 aliphatic rings. The third-order valence-corrected chi connectivity index (χ3v) is 4.56. The van der Waals surface area contributed by atoms with Crippen LogP contribution in [0.25, 0.3) is 43.7 Å². The summed E-state index contributed by atoms with van der Waals surface area (Å²) in [6.45, 7) is 0. The van der Waals surface area contributed by atoms with Crippen molar-refractivity contribution in [2.24, 2.45) is 0 Å². The molecule has 0 N–H and O–H groups in total. The molecular weight excluding hydrogens is 292 g/mol. The van der Waals surface area contributed by atoms with Crippen LogP contribution < -0.4 is 0 Å². The van der Waals surface area contributed by atoms with E-state index in [-0.39, 0.29) is 0 Å². The van der Waals surface area contributed by atoms with Crippen LogP contribution >= 0.6 is 0 Å². The van der Waals surface area contributed by atoms with E-state index in [4.69, 9.17) is 0 Å². The fourth-order valence-corrected chi connectivity index (χ4v) is 3.52. The van der Waals surface area contributed by atoms with Gasteiger partial charge in [0.25, 0.3) is 0 Å². The van der Waals surface area contributed by atoms with Gasteiger partial charge in [0, 0.05) is 16.3 Å². The van der Waals surface area contributed by atoms with Crippen molar-refractivity contribution in [1.82, 2.24) is 9.97 Å². The average Bonchev–Trinajstić information content (AvgIpc) is 2.68. The predicted octanol–water partition coefficient (Wildman–Crippen LogP) is 5.60. The Hall–Kier alpha value is -3.26. The summed E-state index contributed by atoms with van der Waals surface area (Å²) in [5.41, 5.74) is 3.12. The number of hydrogen-bond donors (Lipinski definition) is 0. The molecule has 0 spiro atoms. The lowest BCUT2D eigenvalue weighted by molar-refractivity contribution is 1.23. The van der Waals surface area contributed by atoms with Crippen LogP contribution in [0.15, 0.2) is 85.2 Å². The van der Waals surface area contributed by atoms with Crippen LogP contribution in [0.3, 0.4) is 0 Å². The summed E-state index contributed by atoms with van der Waals surface area (Å²) >= 11 is 0. The molecular formula is C22H14N2. The Kier molecular flexibility index (Phi) is 2.83. The van der Waals surface area contributed by atoms with Gasteiger partial charge in [-0.05, 0) is 16.2 Å². The third kappa shape index (κ3) is 1.83. The molecule has 0 saturated carbocycles. The second-order valence-electron chi connectivity index (χ2n) is 5.90. The van der Waals surface area contributed by atoms with Crippen LogP contribution in [0, 0.1) is 0 Å². The maximum atomic E-state index is 4.63. The molecule has 0 aliphatic carbocycles. The van der Waals surface area contributed by atoms with E-state index in [0.717, 1.165) is 22.2 Å². The van der Waals surface area contributed by atoms with Gasteiger partial charge in [0.2, 0.25) is 0 Å². The highest BCUT2D eigenvalue weighted by molar-refractivity contribution is 6.26. The van der Waals surface area contributed by atoms with Crippen molar-refractivity contribution >= 4 is 32.4 Å². The maximum Gasteiger partial charge on any atom is 0.116 e. The number of benzene rings is 4. The van der Waals surface area contributed by atoms with Crippen molar-refractivity contribution < 1.29 is 0 Å². The minimum Gasteiger partial charge on any atom is -0.236 e. The Balaban J connectivity index is 2.09. The van der Waals surface area contributed by atoms with E-state index in [0.29, 0.717) is 0 Å². The van der Waals surface area contributed by atoms with E-state index in [2.05, 4.69) is 70.6 Å². The number of aromatic nitrogens is 2. The molecule has 1 aromatic heterocycles. The summed E-state index contributed by atoms with van der Waals surface area (Å²) in [4.78, 5) is 9.26. The first-order valence-corrected chi connectivity index (χ1v) is 8.03. The largest absolute Gasteiger partial charge is 0.236 e. The molecule has 0 aliphatic heterocycles. The van der Waals surface area contributed by atoms with E-state index < -0.39 is 0 Å². The van der Waals surface area contributed by atoms with E-state index in [1.54, 1.807) is 6.33 Å². The minimum absolute atomic E-state index is 0.988. The lowest BCUT2D eigenvalue weighted by Crippen LogP contribution is -1.92. The third-order valence-electron chi connectivity index (χ3n) is 4.56. The van der Waals surface area contributed by atoms with Crippen molar-refractivity contribution in [2.45, 2.75) is 0 Å². The van der Waals surface area contributed by atoms with Crippen molar-refractivity contribution in [3.05, 3.63) is 85.2 Å². The van der Waals surface area contributed by atoms with E-state index in [1.165, 1.54) is 21.5 Å². The zero-order valence-electron chi connectivity index (χ0n) is 13.0. The van der Waals surface area contributed by atoms with Gasteiger partial charge >= 0.3 is 0 Å². The molecule has 0 fully saturated rings. The van der Waals surface area contributed by atoms with Gasteiger partial charge in [-0.15, -0.1) is 0 Å². The van der Waals surface area contributed by atoms with Gasteiger partial charge in [0.05, 0.1) is 11.2 Å². The van der Waals surface area contributed by atoms with Crippen LogP contribution in [0.4, 0.5) is 0 Å². The van der Waals surface area contributed by atoms with E-state index in [9.17, 15) is 0 Å². The van der Waals surface area contributed by atoms with Gasteiger partial charge in [-0.2, -0.15) is 0 Å². The monoisotopic (exact) mass is 306 g/mol. The maximum absolute atomic E-state index is 4.63. The minimum atomic E-state index is 0.988. The van der Waals surface area contributed by atoms with E-state index in [1.807, 2.05) is 18.2 Å². The molecule has 0 saturated heterocycles. The van der Waals surface area contributed by atoms with Crippen LogP contribution in [0.2, 0.25) is 0 Å². The van der Waals surface area contributed by atoms with Crippen molar-refractivity contribution in [3.8, 4) is 11.3 Å². The first kappa shape index (κ1) is 13.2. The second-order valence-corrected chi connectivity index (χ2v) is 5.90. The van der Waals surface area contributed by atoms with Crippen LogP contribution in [-0.4, -0.2) is 9.97 Å². The molecule has 5 aromatic rings. The van der Waals surface area contributed by atoms with Crippen LogP contribution in [-0.2, 0) is 0 Å². The lowest BCUT2D eigenvalue weighted by atomic mass is 9.94. The molecule has 0 unspecified atom stereocenters. The highest BCUT2D eigenvalue weighted by Gasteiger charge is 2.13. The summed E-state index contributed by atoms with van der Waals surface area (Å²) < 4.78 is 0. The fourth-order valence-electron chi connectivity index (χ4n) is 3.52. The molecule has 5 rings (SSSR count). The summed E-state index contributed by atoms with van der Waals surface area (Å²) in [5, 5.41) is 5.97. The molecule has 0 atom stereocenters. The zero-order valence-corrected chi connectivity index (χ0v) is 13.0. The summed E-state index contributed by atoms with van der Waals surface area (Å²) in [5.74, 6) is 0. The molecule has 2 heteroatoms. The SMILES string of the molecule is c1ccc(-c2ncnc3c4ccccc4c4ccccc4c23)cc1. The summed E-state index contributed by atoms with van der Waals surface area (Å²) in [6, 6.07) is 27.3. The molecule has 4 aromatic carbocycles. The first-order valence-electron chi connectivity index (χ1n) is 8.03. The van der Waals surface area contributed by atoms with Gasteiger partial charge in [0.15, 0.2) is 0 Å². The van der Waals surface area contributed by atoms with E-state index >= 15 is 0 Å². The van der Waals surface area contributed by atoms with Gasteiger partial charge < -0.3 is 0 Å². The van der Waals surface area contributed by atoms with Crippen molar-refractivity contribution in [1.29, 1.82) is 0 Å². The molecule has 2 nitrogen and oxygen atoms in total. The molecule has 24 heavy (non-hydrogen) atoms. The fraction of sp³-hybridized carbons (Fsp3) is 0. The van der Waals surface area contributed by atoms with Gasteiger partial charge in [-0.3, -0.25) is 0 Å². The van der Waals surface area contributed by atoms with Crippen LogP contribution in [0.5, 0.6) is 0 Å². The topological polar surface area (TPSA) is 25.8 Å². The normalized spacial score (nSPS) is 11.3. The first-order chi connectivity index (χ1) is 11.9. The number of hydrogen-bond acceptors (Lipinski definition) is 2. The van der Waals surface area contributed by atoms with Gasteiger partial charge in [-0.25, -0.2) is 9.97 Å². The average molecular weight is 306 g/mol. The summed E-state index contributed by atoms with van der Waals surface area (Å²) in [7, 11) is 0. The second kappa shape index (κ2) is 5.14.